The Kier molecular flexibility index (Phi) is 8.55. The zero-order chi connectivity index (χ0) is 26.3. The van der Waals surface area contributed by atoms with E-state index >= 15 is 0 Å². The molecule has 0 aliphatic carbocycles. The molecule has 10 nitrogen and oxygen atoms in total. The van der Waals surface area contributed by atoms with Crippen LogP contribution in [0.2, 0.25) is 0 Å². The van der Waals surface area contributed by atoms with E-state index in [1.54, 1.807) is 56.6 Å². The van der Waals surface area contributed by atoms with Gasteiger partial charge in [0, 0.05) is 49.3 Å². The lowest BCUT2D eigenvalue weighted by Crippen LogP contribution is -2.56. The Bertz CT molecular complexity index is 1180. The number of nitrogens with zero attached hydrogens (tertiary/aromatic N) is 2. The summed E-state index contributed by atoms with van der Waals surface area (Å²) in [4.78, 5) is 41.3. The number of nitro benzene ring substituents is 1. The van der Waals surface area contributed by atoms with Gasteiger partial charge in [0.25, 0.3) is 5.69 Å². The maximum atomic E-state index is 13.3. The van der Waals surface area contributed by atoms with E-state index in [0.29, 0.717) is 11.3 Å². The summed E-state index contributed by atoms with van der Waals surface area (Å²) in [6.45, 7) is 3.55. The first-order chi connectivity index (χ1) is 17.2. The molecule has 0 saturated carbocycles. The zero-order valence-electron chi connectivity index (χ0n) is 20.3. The maximum absolute atomic E-state index is 13.3. The number of aromatic nitrogens is 1. The molecule has 2 heterocycles. The van der Waals surface area contributed by atoms with E-state index < -0.39 is 34.2 Å². The Morgan fingerprint density at radius 2 is 1.97 bits per heavy atom. The van der Waals surface area contributed by atoms with Gasteiger partial charge in [-0.25, -0.2) is 4.79 Å². The van der Waals surface area contributed by atoms with Crippen LogP contribution < -0.4 is 5.32 Å². The number of nitrogens with one attached hydrogen (secondary N) is 1. The smallest absolute Gasteiger partial charge is 0.336 e. The van der Waals surface area contributed by atoms with Crippen molar-refractivity contribution in [2.75, 3.05) is 20.3 Å². The van der Waals surface area contributed by atoms with E-state index in [1.165, 1.54) is 25.3 Å². The van der Waals surface area contributed by atoms with Crippen molar-refractivity contribution in [2.45, 2.75) is 32.2 Å². The number of ether oxygens (including phenoxy) is 2. The van der Waals surface area contributed by atoms with Crippen LogP contribution in [0.5, 0.6) is 0 Å². The first-order valence-electron chi connectivity index (χ1n) is 11.4. The number of carboxylic acids is 1. The van der Waals surface area contributed by atoms with E-state index in [4.69, 9.17) is 9.47 Å². The summed E-state index contributed by atoms with van der Waals surface area (Å²) >= 11 is 0. The fourth-order valence-corrected chi connectivity index (χ4v) is 4.66. The van der Waals surface area contributed by atoms with Gasteiger partial charge in [0.05, 0.1) is 17.1 Å². The normalized spacial score (nSPS) is 21.8. The van der Waals surface area contributed by atoms with Gasteiger partial charge in [-0.15, -0.1) is 0 Å². The molecule has 1 aliphatic heterocycles. The number of hydrogen-bond acceptors (Lipinski definition) is 8. The molecule has 36 heavy (non-hydrogen) atoms. The molecule has 3 rings (SSSR count). The summed E-state index contributed by atoms with van der Waals surface area (Å²) in [6, 6.07) is 8.69. The summed E-state index contributed by atoms with van der Waals surface area (Å²) in [6.07, 6.45) is 6.81. The summed E-state index contributed by atoms with van der Waals surface area (Å²) in [7, 11) is 1.47. The van der Waals surface area contributed by atoms with Crippen LogP contribution in [-0.4, -0.2) is 53.3 Å². The van der Waals surface area contributed by atoms with Gasteiger partial charge in [0.2, 0.25) is 0 Å². The fraction of sp³-hybridized carbons (Fsp3) is 0.346. The number of nitro groups is 1. The predicted octanol–water partition coefficient (Wildman–Crippen LogP) is 3.70. The average molecular weight is 496 g/mol. The number of aliphatic carboxylic acids is 1. The molecule has 1 aromatic carbocycles. The van der Waals surface area contributed by atoms with Crippen molar-refractivity contribution in [2.24, 2.45) is 5.41 Å². The number of rotatable bonds is 10. The number of esters is 1. The highest BCUT2D eigenvalue weighted by atomic mass is 16.6. The molecule has 3 atom stereocenters. The van der Waals surface area contributed by atoms with Crippen LogP contribution in [0.15, 0.2) is 66.1 Å². The number of pyridine rings is 1. The number of carbonyl (C=O) groups excluding carboxylic acids is 1. The number of allylic oxidation sites excluding steroid dienone is 2. The molecule has 0 amide bonds. The van der Waals surface area contributed by atoms with Gasteiger partial charge in [0.1, 0.15) is 12.0 Å². The second kappa shape index (κ2) is 11.6. The molecule has 2 N–H and O–H groups in total. The SMILES string of the molecule is COCCOC(=O)C1=C(C)NC(C)C(C/C=C/c2ccncc2)(C(=O)O)C1c1cccc([N+](=O)[O-])c1. The highest BCUT2D eigenvalue weighted by Gasteiger charge is 2.56. The summed E-state index contributed by atoms with van der Waals surface area (Å²) in [5, 5.41) is 25.3. The molecule has 1 aromatic heterocycles. The van der Waals surface area contributed by atoms with E-state index in [1.807, 2.05) is 0 Å². The lowest BCUT2D eigenvalue weighted by atomic mass is 9.60. The second-order valence-electron chi connectivity index (χ2n) is 8.55. The molecule has 2 aromatic rings. The van der Waals surface area contributed by atoms with Crippen LogP contribution in [0, 0.1) is 15.5 Å². The third-order valence-corrected chi connectivity index (χ3v) is 6.44. The van der Waals surface area contributed by atoms with Gasteiger partial charge in [-0.1, -0.05) is 24.3 Å². The molecule has 0 fully saturated rings. The Hall–Kier alpha value is -4.05. The number of methoxy groups -OCH3 is 1. The summed E-state index contributed by atoms with van der Waals surface area (Å²) in [5.74, 6) is -2.87. The molecule has 190 valence electrons. The molecule has 10 heteroatoms. The Balaban J connectivity index is 2.18. The predicted molar refractivity (Wildman–Crippen MR) is 132 cm³/mol. The van der Waals surface area contributed by atoms with Crippen LogP contribution in [0.1, 0.15) is 37.3 Å². The highest BCUT2D eigenvalue weighted by Crippen LogP contribution is 2.51. The molecule has 0 radical (unpaired) electrons. The topological polar surface area (TPSA) is 141 Å². The Morgan fingerprint density at radius 3 is 2.61 bits per heavy atom. The van der Waals surface area contributed by atoms with E-state index in [0.717, 1.165) is 5.56 Å². The number of carboxylic acid groups (broad SMARTS) is 1. The van der Waals surface area contributed by atoms with E-state index in [9.17, 15) is 24.8 Å². The quantitative estimate of drug-likeness (QED) is 0.218. The molecule has 0 spiro atoms. The van der Waals surface area contributed by atoms with Crippen LogP contribution >= 0.6 is 0 Å². The van der Waals surface area contributed by atoms with Crippen molar-refractivity contribution in [3.8, 4) is 0 Å². The van der Waals surface area contributed by atoms with Gasteiger partial charge < -0.3 is 19.9 Å². The summed E-state index contributed by atoms with van der Waals surface area (Å²) in [5.41, 5.74) is -0.0144. The van der Waals surface area contributed by atoms with Crippen LogP contribution in [0.4, 0.5) is 5.69 Å². The Labute approximate surface area is 208 Å². The lowest BCUT2D eigenvalue weighted by molar-refractivity contribution is -0.384. The number of non-ortho nitro benzene ring substituents is 1. The largest absolute Gasteiger partial charge is 0.481 e. The average Bonchev–Trinajstić information content (AvgIpc) is 2.85. The van der Waals surface area contributed by atoms with Crippen molar-refractivity contribution < 1.29 is 29.1 Å². The minimum absolute atomic E-state index is 0.0225. The lowest BCUT2D eigenvalue weighted by Gasteiger charge is -2.46. The highest BCUT2D eigenvalue weighted by molar-refractivity contribution is 5.94. The fourth-order valence-electron chi connectivity index (χ4n) is 4.66. The van der Waals surface area contributed by atoms with Gasteiger partial charge in [0.15, 0.2) is 0 Å². The van der Waals surface area contributed by atoms with Gasteiger partial charge in [-0.2, -0.15) is 0 Å². The van der Waals surface area contributed by atoms with Crippen LogP contribution in [0.25, 0.3) is 6.08 Å². The summed E-state index contributed by atoms with van der Waals surface area (Å²) < 4.78 is 10.4. The molecular weight excluding hydrogens is 466 g/mol. The molecule has 0 bridgehead atoms. The first kappa shape index (κ1) is 26.6. The Morgan fingerprint density at radius 1 is 1.25 bits per heavy atom. The second-order valence-corrected chi connectivity index (χ2v) is 8.55. The van der Waals surface area contributed by atoms with E-state index in [2.05, 4.69) is 10.3 Å². The number of hydrogen-bond donors (Lipinski definition) is 2. The first-order valence-corrected chi connectivity index (χ1v) is 11.4. The van der Waals surface area contributed by atoms with Gasteiger partial charge in [-0.3, -0.25) is 19.9 Å². The van der Waals surface area contributed by atoms with Crippen LogP contribution in [0.3, 0.4) is 0 Å². The van der Waals surface area contributed by atoms with Crippen molar-refractivity contribution in [3.63, 3.8) is 0 Å². The van der Waals surface area contributed by atoms with E-state index in [-0.39, 0.29) is 30.9 Å². The molecule has 0 saturated heterocycles. The minimum atomic E-state index is -1.56. The molecule has 3 unspecified atom stereocenters. The monoisotopic (exact) mass is 495 g/mol. The third-order valence-electron chi connectivity index (χ3n) is 6.44. The van der Waals surface area contributed by atoms with Crippen molar-refractivity contribution in [1.29, 1.82) is 0 Å². The third kappa shape index (κ3) is 5.44. The van der Waals surface area contributed by atoms with Crippen molar-refractivity contribution in [3.05, 3.63) is 87.4 Å². The van der Waals surface area contributed by atoms with Gasteiger partial charge >= 0.3 is 11.9 Å². The van der Waals surface area contributed by atoms with Crippen LogP contribution in [-0.2, 0) is 19.1 Å². The van der Waals surface area contributed by atoms with Crippen molar-refractivity contribution in [1.82, 2.24) is 10.3 Å². The maximum Gasteiger partial charge on any atom is 0.336 e. The number of benzene rings is 1. The van der Waals surface area contributed by atoms with Crippen molar-refractivity contribution >= 4 is 23.7 Å². The number of carbonyl (C=O) groups is 2. The molecular formula is C26H29N3O7. The zero-order valence-corrected chi connectivity index (χ0v) is 20.3. The molecule has 1 aliphatic rings. The van der Waals surface area contributed by atoms with Gasteiger partial charge in [-0.05, 0) is 43.5 Å². The minimum Gasteiger partial charge on any atom is -0.481 e. The standard InChI is InChI=1S/C26H29N3O7/c1-17-22(24(30)36-15-14-35-3)23(20-7-4-8-21(16-20)29(33)34)26(25(31)32,18(2)28-17)11-5-6-19-9-12-27-13-10-19/h4-10,12-13,16,18,23,28H,11,14-15H2,1-3H3,(H,31,32)/b6-5+.